The number of aryl methyl sites for hydroxylation is 2. The van der Waals surface area contributed by atoms with Crippen molar-refractivity contribution in [1.29, 1.82) is 0 Å². The highest BCUT2D eigenvalue weighted by Gasteiger charge is 2.04. The van der Waals surface area contributed by atoms with Crippen LogP contribution >= 0.6 is 0 Å². The summed E-state index contributed by atoms with van der Waals surface area (Å²) in [6, 6.07) is 9.99. The summed E-state index contributed by atoms with van der Waals surface area (Å²) in [6.45, 7) is 7.51. The molecule has 0 aliphatic carbocycles. The zero-order valence-corrected chi connectivity index (χ0v) is 10.1. The number of aromatic nitrogens is 2. The quantitative estimate of drug-likeness (QED) is 0.820. The molecule has 0 fully saturated rings. The van der Waals surface area contributed by atoms with Gasteiger partial charge in [0.2, 0.25) is 0 Å². The Balaban J connectivity index is 2.39. The third kappa shape index (κ3) is 2.56. The molecular weight excluding hydrogens is 212 g/mol. The fourth-order valence-electron chi connectivity index (χ4n) is 1.92. The van der Waals surface area contributed by atoms with Crippen LogP contribution in [-0.2, 0) is 6.42 Å². The molecular formula is C14H16N2O. The second-order valence-corrected chi connectivity index (χ2v) is 4.25. The first kappa shape index (κ1) is 11.5. The van der Waals surface area contributed by atoms with Crippen LogP contribution in [0.5, 0.6) is 0 Å². The fraction of sp³-hybridized carbons (Fsp3) is 0.214. The molecule has 1 N–H and O–H groups in total. The standard InChI is InChI=1S/C14H16N2O/c1-10-7-11(2)16(15-10)14-6-4-5-13(9-14)8-12(3)17/h4-7,9,17H,3,8H2,1-2H3. The van der Waals surface area contributed by atoms with Crippen LogP contribution in [-0.4, -0.2) is 14.9 Å². The summed E-state index contributed by atoms with van der Waals surface area (Å²) in [4.78, 5) is 0. The number of nitrogens with zero attached hydrogens (tertiary/aromatic N) is 2. The minimum atomic E-state index is 0.176. The monoisotopic (exact) mass is 228 g/mol. The van der Waals surface area contributed by atoms with Crippen molar-refractivity contribution >= 4 is 0 Å². The topological polar surface area (TPSA) is 38.0 Å². The molecule has 0 unspecified atom stereocenters. The first-order valence-corrected chi connectivity index (χ1v) is 5.55. The molecule has 2 rings (SSSR count). The Morgan fingerprint density at radius 1 is 1.35 bits per heavy atom. The maximum absolute atomic E-state index is 9.21. The molecule has 0 bridgehead atoms. The van der Waals surface area contributed by atoms with Crippen LogP contribution in [0.1, 0.15) is 17.0 Å². The van der Waals surface area contributed by atoms with Crippen molar-refractivity contribution in [2.24, 2.45) is 0 Å². The molecule has 0 radical (unpaired) electrons. The first-order valence-electron chi connectivity index (χ1n) is 5.55. The highest BCUT2D eigenvalue weighted by atomic mass is 16.3. The van der Waals surface area contributed by atoms with E-state index in [2.05, 4.69) is 11.7 Å². The van der Waals surface area contributed by atoms with Crippen molar-refractivity contribution in [3.05, 3.63) is 59.6 Å². The molecule has 3 heteroatoms. The van der Waals surface area contributed by atoms with Gasteiger partial charge in [-0.25, -0.2) is 4.68 Å². The largest absolute Gasteiger partial charge is 0.513 e. The van der Waals surface area contributed by atoms with E-state index < -0.39 is 0 Å². The van der Waals surface area contributed by atoms with Gasteiger partial charge in [-0.1, -0.05) is 18.7 Å². The Kier molecular flexibility index (Phi) is 3.00. The lowest BCUT2D eigenvalue weighted by atomic mass is 10.1. The summed E-state index contributed by atoms with van der Waals surface area (Å²) in [5, 5.41) is 13.6. The molecule has 0 saturated heterocycles. The number of allylic oxidation sites excluding steroid dienone is 1. The molecule has 17 heavy (non-hydrogen) atoms. The minimum absolute atomic E-state index is 0.176. The summed E-state index contributed by atoms with van der Waals surface area (Å²) in [5.74, 6) is 0.176. The van der Waals surface area contributed by atoms with E-state index >= 15 is 0 Å². The average molecular weight is 228 g/mol. The van der Waals surface area contributed by atoms with Gasteiger partial charge in [0.15, 0.2) is 0 Å². The molecule has 0 aliphatic heterocycles. The van der Waals surface area contributed by atoms with E-state index in [1.807, 2.05) is 48.9 Å². The van der Waals surface area contributed by atoms with Crippen molar-refractivity contribution in [3.63, 3.8) is 0 Å². The van der Waals surface area contributed by atoms with Crippen molar-refractivity contribution < 1.29 is 5.11 Å². The Bertz CT molecular complexity index is 555. The van der Waals surface area contributed by atoms with Crippen LogP contribution in [0.3, 0.4) is 0 Å². The van der Waals surface area contributed by atoms with Crippen LogP contribution in [0, 0.1) is 13.8 Å². The Morgan fingerprint density at radius 3 is 2.71 bits per heavy atom. The maximum atomic E-state index is 9.21. The molecule has 1 aromatic heterocycles. The lowest BCUT2D eigenvalue weighted by molar-refractivity contribution is 0.401. The summed E-state index contributed by atoms with van der Waals surface area (Å²) in [6.07, 6.45) is 0.479. The van der Waals surface area contributed by atoms with E-state index in [4.69, 9.17) is 0 Å². The molecule has 0 spiro atoms. The number of aliphatic hydroxyl groups excluding tert-OH is 1. The highest BCUT2D eigenvalue weighted by Crippen LogP contribution is 2.15. The minimum Gasteiger partial charge on any atom is -0.513 e. The molecule has 0 amide bonds. The Labute approximate surface area is 101 Å². The van der Waals surface area contributed by atoms with Crippen molar-refractivity contribution in [2.45, 2.75) is 20.3 Å². The lowest BCUT2D eigenvalue weighted by Crippen LogP contribution is -2.00. The van der Waals surface area contributed by atoms with Gasteiger partial charge in [-0.3, -0.25) is 0 Å². The second kappa shape index (κ2) is 4.45. The summed E-state index contributed by atoms with van der Waals surface area (Å²) >= 11 is 0. The van der Waals surface area contributed by atoms with Gasteiger partial charge in [-0.2, -0.15) is 5.10 Å². The zero-order chi connectivity index (χ0) is 12.4. The van der Waals surface area contributed by atoms with E-state index in [-0.39, 0.29) is 5.76 Å². The molecule has 1 heterocycles. The van der Waals surface area contributed by atoms with Crippen LogP contribution in [0.15, 0.2) is 42.7 Å². The van der Waals surface area contributed by atoms with E-state index in [1.54, 1.807) is 0 Å². The van der Waals surface area contributed by atoms with Crippen molar-refractivity contribution in [3.8, 4) is 5.69 Å². The van der Waals surface area contributed by atoms with Crippen LogP contribution < -0.4 is 0 Å². The molecule has 1 aromatic carbocycles. The number of hydrogen-bond donors (Lipinski definition) is 1. The number of aliphatic hydroxyl groups is 1. The van der Waals surface area contributed by atoms with Gasteiger partial charge in [0.25, 0.3) is 0 Å². The highest BCUT2D eigenvalue weighted by molar-refractivity contribution is 5.37. The van der Waals surface area contributed by atoms with Gasteiger partial charge in [-0.15, -0.1) is 0 Å². The zero-order valence-electron chi connectivity index (χ0n) is 10.1. The second-order valence-electron chi connectivity index (χ2n) is 4.25. The number of benzene rings is 1. The van der Waals surface area contributed by atoms with E-state index in [0.29, 0.717) is 6.42 Å². The van der Waals surface area contributed by atoms with Crippen molar-refractivity contribution in [2.75, 3.05) is 0 Å². The van der Waals surface area contributed by atoms with Crippen LogP contribution in [0.2, 0.25) is 0 Å². The third-order valence-electron chi connectivity index (χ3n) is 2.57. The molecule has 0 atom stereocenters. The van der Waals surface area contributed by atoms with Gasteiger partial charge in [0, 0.05) is 12.1 Å². The number of rotatable bonds is 3. The van der Waals surface area contributed by atoms with Gasteiger partial charge in [0.1, 0.15) is 0 Å². The summed E-state index contributed by atoms with van der Waals surface area (Å²) < 4.78 is 1.90. The Hall–Kier alpha value is -2.03. The first-order chi connectivity index (χ1) is 8.06. The van der Waals surface area contributed by atoms with E-state index in [9.17, 15) is 5.11 Å². The van der Waals surface area contributed by atoms with E-state index in [1.165, 1.54) is 0 Å². The third-order valence-corrected chi connectivity index (χ3v) is 2.57. The van der Waals surface area contributed by atoms with Crippen LogP contribution in [0.25, 0.3) is 5.69 Å². The SMILES string of the molecule is C=C(O)Cc1cccc(-n2nc(C)cc2C)c1. The maximum Gasteiger partial charge on any atom is 0.0894 e. The van der Waals surface area contributed by atoms with E-state index in [0.717, 1.165) is 22.6 Å². The van der Waals surface area contributed by atoms with Gasteiger partial charge in [-0.05, 0) is 37.6 Å². The normalized spacial score (nSPS) is 10.5. The molecule has 0 saturated carbocycles. The molecule has 3 nitrogen and oxygen atoms in total. The predicted octanol–water partition coefficient (Wildman–Crippen LogP) is 3.10. The fourth-order valence-corrected chi connectivity index (χ4v) is 1.92. The predicted molar refractivity (Wildman–Crippen MR) is 68.5 cm³/mol. The lowest BCUT2D eigenvalue weighted by Gasteiger charge is -2.06. The smallest absolute Gasteiger partial charge is 0.0894 e. The average Bonchev–Trinajstić information content (AvgIpc) is 2.57. The molecule has 2 aromatic rings. The summed E-state index contributed by atoms with van der Waals surface area (Å²) in [7, 11) is 0. The van der Waals surface area contributed by atoms with Gasteiger partial charge in [0.05, 0.1) is 17.1 Å². The van der Waals surface area contributed by atoms with Gasteiger partial charge >= 0.3 is 0 Å². The van der Waals surface area contributed by atoms with Gasteiger partial charge < -0.3 is 5.11 Å². The molecule has 88 valence electrons. The molecule has 0 aliphatic rings. The van der Waals surface area contributed by atoms with Crippen LogP contribution in [0.4, 0.5) is 0 Å². The summed E-state index contributed by atoms with van der Waals surface area (Å²) in [5.41, 5.74) is 4.14. The van der Waals surface area contributed by atoms with Crippen molar-refractivity contribution in [1.82, 2.24) is 9.78 Å². The Morgan fingerprint density at radius 2 is 2.12 bits per heavy atom. The number of hydrogen-bond acceptors (Lipinski definition) is 2.